The van der Waals surface area contributed by atoms with Crippen LogP contribution >= 0.6 is 0 Å². The van der Waals surface area contributed by atoms with E-state index in [1.165, 1.54) is 0 Å². The fourth-order valence-corrected chi connectivity index (χ4v) is 5.17. The molecule has 5 nitrogen and oxygen atoms in total. The van der Waals surface area contributed by atoms with E-state index < -0.39 is 30.8 Å². The molecule has 4 aromatic rings. The van der Waals surface area contributed by atoms with Gasteiger partial charge in [0.05, 0.1) is 33.0 Å². The van der Waals surface area contributed by atoms with Gasteiger partial charge in [-0.05, 0) is 45.2 Å². The van der Waals surface area contributed by atoms with Crippen molar-refractivity contribution in [2.24, 2.45) is 0 Å². The van der Waals surface area contributed by atoms with Crippen molar-refractivity contribution in [3.05, 3.63) is 119 Å². The van der Waals surface area contributed by atoms with Gasteiger partial charge in [-0.3, -0.25) is 0 Å². The largest absolute Gasteiger partial charge is 0.374 e. The van der Waals surface area contributed by atoms with Gasteiger partial charge in [0, 0.05) is 0 Å². The highest BCUT2D eigenvalue weighted by Gasteiger charge is 2.49. The van der Waals surface area contributed by atoms with Crippen LogP contribution in [0.2, 0.25) is 0 Å². The smallest absolute Gasteiger partial charge is 0.228 e. The Kier molecular flexibility index (Phi) is 7.76. The van der Waals surface area contributed by atoms with Gasteiger partial charge >= 0.3 is 0 Å². The van der Waals surface area contributed by atoms with Crippen molar-refractivity contribution in [3.8, 4) is 0 Å². The van der Waals surface area contributed by atoms with Crippen molar-refractivity contribution in [2.75, 3.05) is 6.61 Å². The SMILES string of the molecule is F[C@@H]1OC2COCc3cc4ccccc4cc3COC([C@@H]2OCc2ccccc2)[C@@H]1OCc1ccccc1. The third kappa shape index (κ3) is 5.65. The molecule has 0 radical (unpaired) electrons. The van der Waals surface area contributed by atoms with Crippen molar-refractivity contribution in [1.82, 2.24) is 0 Å². The lowest BCUT2D eigenvalue weighted by atomic mass is 9.97. The summed E-state index contributed by atoms with van der Waals surface area (Å²) in [4.78, 5) is 0. The van der Waals surface area contributed by atoms with Gasteiger partial charge in [0.2, 0.25) is 6.36 Å². The second-order valence-corrected chi connectivity index (χ2v) is 9.81. The Morgan fingerprint density at radius 2 is 1.24 bits per heavy atom. The zero-order valence-electron chi connectivity index (χ0n) is 21.1. The van der Waals surface area contributed by atoms with Crippen molar-refractivity contribution < 1.29 is 28.1 Å². The third-order valence-electron chi connectivity index (χ3n) is 7.19. The Morgan fingerprint density at radius 1 is 0.684 bits per heavy atom. The van der Waals surface area contributed by atoms with Crippen LogP contribution in [-0.2, 0) is 50.1 Å². The quantitative estimate of drug-likeness (QED) is 0.310. The summed E-state index contributed by atoms with van der Waals surface area (Å²) < 4.78 is 46.5. The predicted octanol–water partition coefficient (Wildman–Crippen LogP) is 6.12. The van der Waals surface area contributed by atoms with E-state index in [-0.39, 0.29) is 19.8 Å². The summed E-state index contributed by atoms with van der Waals surface area (Å²) in [6.07, 6.45) is -4.56. The van der Waals surface area contributed by atoms with E-state index in [9.17, 15) is 0 Å². The molecule has 38 heavy (non-hydrogen) atoms. The van der Waals surface area contributed by atoms with E-state index in [0.717, 1.165) is 33.0 Å². The second-order valence-electron chi connectivity index (χ2n) is 9.81. The van der Waals surface area contributed by atoms with Crippen molar-refractivity contribution in [1.29, 1.82) is 0 Å². The maximum absolute atomic E-state index is 15.5. The molecular weight excluding hydrogens is 483 g/mol. The fourth-order valence-electron chi connectivity index (χ4n) is 5.17. The van der Waals surface area contributed by atoms with Gasteiger partial charge in [0.25, 0.3) is 0 Å². The maximum Gasteiger partial charge on any atom is 0.228 e. The molecule has 5 atom stereocenters. The molecule has 1 fully saturated rings. The van der Waals surface area contributed by atoms with E-state index in [4.69, 9.17) is 23.7 Å². The lowest BCUT2D eigenvalue weighted by molar-refractivity contribution is -0.299. The zero-order chi connectivity index (χ0) is 25.7. The average molecular weight is 515 g/mol. The Labute approximate surface area is 222 Å². The topological polar surface area (TPSA) is 46.2 Å². The van der Waals surface area contributed by atoms with E-state index in [1.54, 1.807) is 0 Å². The minimum absolute atomic E-state index is 0.178. The van der Waals surface area contributed by atoms with Gasteiger partial charge in [-0.1, -0.05) is 84.9 Å². The second kappa shape index (κ2) is 11.7. The van der Waals surface area contributed by atoms with Crippen molar-refractivity contribution >= 4 is 10.8 Å². The van der Waals surface area contributed by atoms with E-state index >= 15 is 4.39 Å². The first-order chi connectivity index (χ1) is 18.7. The van der Waals surface area contributed by atoms with Gasteiger partial charge in [0.1, 0.15) is 24.4 Å². The van der Waals surface area contributed by atoms with Crippen LogP contribution in [0.4, 0.5) is 4.39 Å². The van der Waals surface area contributed by atoms with Crippen molar-refractivity contribution in [2.45, 2.75) is 57.2 Å². The van der Waals surface area contributed by atoms with Crippen LogP contribution in [0.1, 0.15) is 22.3 Å². The minimum Gasteiger partial charge on any atom is -0.374 e. The maximum atomic E-state index is 15.5. The minimum atomic E-state index is -1.68. The third-order valence-corrected chi connectivity index (χ3v) is 7.19. The molecule has 0 saturated carbocycles. The summed E-state index contributed by atoms with van der Waals surface area (Å²) in [5.74, 6) is 0. The highest BCUT2D eigenvalue weighted by atomic mass is 19.1. The van der Waals surface area contributed by atoms with Crippen LogP contribution in [0.15, 0.2) is 97.1 Å². The summed E-state index contributed by atoms with van der Waals surface area (Å²) in [5.41, 5.74) is 4.01. The van der Waals surface area contributed by atoms with Gasteiger partial charge in [-0.15, -0.1) is 0 Å². The van der Waals surface area contributed by atoms with Crippen LogP contribution in [0, 0.1) is 0 Å². The Balaban J connectivity index is 1.30. The molecule has 6 rings (SSSR count). The summed E-state index contributed by atoms with van der Waals surface area (Å²) in [6, 6.07) is 32.1. The lowest BCUT2D eigenvalue weighted by Crippen LogP contribution is -2.60. The summed E-state index contributed by atoms with van der Waals surface area (Å²) in [6.45, 7) is 1.42. The molecule has 2 heterocycles. The highest BCUT2D eigenvalue weighted by molar-refractivity contribution is 5.84. The number of hydrogen-bond acceptors (Lipinski definition) is 5. The van der Waals surface area contributed by atoms with Crippen LogP contribution in [0.5, 0.6) is 0 Å². The monoisotopic (exact) mass is 514 g/mol. The number of alkyl halides is 1. The van der Waals surface area contributed by atoms with Gasteiger partial charge in [0.15, 0.2) is 0 Å². The molecule has 6 heteroatoms. The number of rotatable bonds is 6. The van der Waals surface area contributed by atoms with Crippen LogP contribution in [-0.4, -0.2) is 37.4 Å². The molecule has 0 aliphatic carbocycles. The zero-order valence-corrected chi connectivity index (χ0v) is 21.1. The Bertz CT molecular complexity index is 1330. The van der Waals surface area contributed by atoms with Gasteiger partial charge < -0.3 is 23.7 Å². The molecule has 0 aromatic heterocycles. The number of benzene rings is 4. The molecule has 2 aliphatic heterocycles. The van der Waals surface area contributed by atoms with Crippen LogP contribution in [0.3, 0.4) is 0 Å². The first-order valence-electron chi connectivity index (χ1n) is 13.0. The highest BCUT2D eigenvalue weighted by Crippen LogP contribution is 2.33. The van der Waals surface area contributed by atoms with Crippen LogP contribution in [0.25, 0.3) is 10.8 Å². The molecule has 4 aromatic carbocycles. The lowest BCUT2D eigenvalue weighted by Gasteiger charge is -2.44. The predicted molar refractivity (Wildman–Crippen MR) is 142 cm³/mol. The molecular formula is C32H31FO5. The summed E-state index contributed by atoms with van der Waals surface area (Å²) in [7, 11) is 0. The molecule has 2 bridgehead atoms. The summed E-state index contributed by atoms with van der Waals surface area (Å²) >= 11 is 0. The molecule has 2 aliphatic rings. The van der Waals surface area contributed by atoms with Gasteiger partial charge in [-0.25, -0.2) is 4.39 Å². The fraction of sp³-hybridized carbons (Fsp3) is 0.312. The van der Waals surface area contributed by atoms with Crippen molar-refractivity contribution in [3.63, 3.8) is 0 Å². The van der Waals surface area contributed by atoms with Gasteiger partial charge in [-0.2, -0.15) is 0 Å². The molecule has 2 unspecified atom stereocenters. The molecule has 0 spiro atoms. The average Bonchev–Trinajstić information content (AvgIpc) is 2.95. The summed E-state index contributed by atoms with van der Waals surface area (Å²) in [5, 5.41) is 2.26. The first-order valence-corrected chi connectivity index (χ1v) is 13.0. The molecule has 196 valence electrons. The normalized spacial score (nSPS) is 25.6. The van der Waals surface area contributed by atoms with E-state index in [1.807, 2.05) is 72.8 Å². The number of hydrogen-bond donors (Lipinski definition) is 0. The van der Waals surface area contributed by atoms with E-state index in [2.05, 4.69) is 24.3 Å². The standard InChI is InChI=1S/C32H31FO5/c33-32-31(36-18-23-11-5-2-6-12-23)30-29(35-17-22-9-3-1-4-10-22)28(38-32)21-34-19-26-15-24-13-7-8-14-25(24)16-27(26)20-37-30/h1-16,28-32H,17-21H2/t28?,29-,30?,31+,32-/m1/s1. The molecule has 0 amide bonds. The Hall–Kier alpha value is -3.13. The number of ether oxygens (including phenoxy) is 5. The van der Waals surface area contributed by atoms with Crippen LogP contribution < -0.4 is 0 Å². The number of halogens is 1. The van der Waals surface area contributed by atoms with E-state index in [0.29, 0.717) is 13.2 Å². The number of fused-ring (bicyclic) bond motifs is 4. The first kappa shape index (κ1) is 25.2. The molecule has 1 saturated heterocycles. The Morgan fingerprint density at radius 3 is 1.87 bits per heavy atom. The molecule has 0 N–H and O–H groups in total.